The number of hydrogen-bond acceptors (Lipinski definition) is 3. The van der Waals surface area contributed by atoms with Gasteiger partial charge in [0.25, 0.3) is 5.69 Å². The smallest absolute Gasteiger partial charge is 0.277 e. The lowest BCUT2D eigenvalue weighted by Gasteiger charge is -2.26. The number of nitro benzene ring substituents is 1. The summed E-state index contributed by atoms with van der Waals surface area (Å²) in [7, 11) is -1.36. The first-order valence-electron chi connectivity index (χ1n) is 7.75. The Morgan fingerprint density at radius 3 is 2.17 bits per heavy atom. The third-order valence-electron chi connectivity index (χ3n) is 3.57. The Morgan fingerprint density at radius 2 is 1.61 bits per heavy atom. The van der Waals surface area contributed by atoms with Gasteiger partial charge in [-0.3, -0.25) is 10.1 Å². The maximum atomic E-state index is 11.4. The van der Waals surface area contributed by atoms with Crippen LogP contribution >= 0.6 is 0 Å². The van der Waals surface area contributed by atoms with E-state index in [0.717, 1.165) is 16.9 Å². The summed E-state index contributed by atoms with van der Waals surface area (Å²) in [6.45, 7) is 10.6. The predicted octanol–water partition coefficient (Wildman–Crippen LogP) is 4.92. The number of nitro groups is 1. The molecular formula is C18H23NO3Si. The van der Waals surface area contributed by atoms with Crippen molar-refractivity contribution < 1.29 is 9.35 Å². The van der Waals surface area contributed by atoms with E-state index in [0.29, 0.717) is 5.56 Å². The van der Waals surface area contributed by atoms with Gasteiger partial charge in [0.2, 0.25) is 9.04 Å². The Kier molecular flexibility index (Phi) is 4.90. The van der Waals surface area contributed by atoms with Crippen molar-refractivity contribution in [1.29, 1.82) is 0 Å². The van der Waals surface area contributed by atoms with Gasteiger partial charge in [-0.15, -0.1) is 0 Å². The molecule has 23 heavy (non-hydrogen) atoms. The summed E-state index contributed by atoms with van der Waals surface area (Å²) in [6.07, 6.45) is 0. The van der Waals surface area contributed by atoms with Gasteiger partial charge in [0.15, 0.2) is 0 Å². The van der Waals surface area contributed by atoms with Crippen molar-refractivity contribution in [2.75, 3.05) is 0 Å². The van der Waals surface area contributed by atoms with E-state index in [9.17, 15) is 10.1 Å². The largest absolute Gasteiger partial charge is 0.546 e. The van der Waals surface area contributed by atoms with Crippen LogP contribution in [0.2, 0.25) is 13.1 Å². The first kappa shape index (κ1) is 17.2. The summed E-state index contributed by atoms with van der Waals surface area (Å²) >= 11 is 0. The number of nitrogens with zero attached hydrogens (tertiary/aromatic N) is 1. The quantitative estimate of drug-likeness (QED) is 0.454. The molecule has 0 aromatic heterocycles. The van der Waals surface area contributed by atoms with Gasteiger partial charge >= 0.3 is 0 Å². The first-order chi connectivity index (χ1) is 10.7. The Hall–Kier alpha value is -2.14. The van der Waals surface area contributed by atoms with E-state index in [4.69, 9.17) is 4.43 Å². The second-order valence-corrected chi connectivity index (χ2v) is 9.21. The molecule has 4 nitrogen and oxygen atoms in total. The molecule has 0 heterocycles. The van der Waals surface area contributed by atoms with E-state index >= 15 is 0 Å². The van der Waals surface area contributed by atoms with Crippen LogP contribution in [0, 0.1) is 10.1 Å². The van der Waals surface area contributed by atoms with Crippen molar-refractivity contribution in [1.82, 2.24) is 0 Å². The Morgan fingerprint density at radius 1 is 1.00 bits per heavy atom. The lowest BCUT2D eigenvalue weighted by atomic mass is 9.84. The molecule has 0 spiro atoms. The highest BCUT2D eigenvalue weighted by atomic mass is 28.3. The zero-order chi connectivity index (χ0) is 17.2. The molecule has 0 aliphatic rings. The van der Waals surface area contributed by atoms with Gasteiger partial charge in [0.1, 0.15) is 5.75 Å². The molecule has 0 N–H and O–H groups in total. The summed E-state index contributed by atoms with van der Waals surface area (Å²) < 4.78 is 6.21. The van der Waals surface area contributed by atoms with Crippen LogP contribution in [0.4, 0.5) is 5.69 Å². The molecule has 2 aromatic carbocycles. The molecule has 2 rings (SSSR count). The average Bonchev–Trinajstić information content (AvgIpc) is 2.45. The van der Waals surface area contributed by atoms with Gasteiger partial charge in [-0.05, 0) is 30.1 Å². The zero-order valence-electron chi connectivity index (χ0n) is 14.3. The van der Waals surface area contributed by atoms with Crippen LogP contribution in [0.3, 0.4) is 0 Å². The van der Waals surface area contributed by atoms with Crippen molar-refractivity contribution in [3.8, 4) is 16.9 Å². The van der Waals surface area contributed by atoms with Crippen LogP contribution in [-0.2, 0) is 5.41 Å². The fourth-order valence-electron chi connectivity index (χ4n) is 2.56. The summed E-state index contributed by atoms with van der Waals surface area (Å²) in [5.74, 6) is 0.788. The topological polar surface area (TPSA) is 52.4 Å². The number of para-hydroxylation sites is 2. The van der Waals surface area contributed by atoms with Crippen molar-refractivity contribution >= 4 is 14.7 Å². The number of rotatable bonds is 4. The van der Waals surface area contributed by atoms with Gasteiger partial charge in [-0.2, -0.15) is 0 Å². The minimum absolute atomic E-state index is 0.0990. The molecule has 0 aliphatic heterocycles. The molecule has 0 atom stereocenters. The Balaban J connectivity index is 2.75. The van der Waals surface area contributed by atoms with Crippen LogP contribution in [0.1, 0.15) is 26.3 Å². The molecule has 0 unspecified atom stereocenters. The summed E-state index contributed by atoms with van der Waals surface area (Å²) in [5, 5.41) is 11.4. The normalized spacial score (nSPS) is 11.6. The third kappa shape index (κ3) is 3.79. The maximum Gasteiger partial charge on any atom is 0.277 e. The SMILES string of the molecule is C[SiH](C)Oc1c(-c2ccccc2[N+](=O)[O-])cccc1C(C)(C)C. The fourth-order valence-corrected chi connectivity index (χ4v) is 3.29. The molecule has 0 fully saturated rings. The summed E-state index contributed by atoms with van der Waals surface area (Å²) in [5.41, 5.74) is 2.49. The van der Waals surface area contributed by atoms with Crippen LogP contribution < -0.4 is 4.43 Å². The van der Waals surface area contributed by atoms with Crippen molar-refractivity contribution in [3.05, 3.63) is 58.1 Å². The summed E-state index contributed by atoms with van der Waals surface area (Å²) in [6, 6.07) is 12.7. The minimum Gasteiger partial charge on any atom is -0.546 e. The van der Waals surface area contributed by atoms with Gasteiger partial charge < -0.3 is 4.43 Å². The van der Waals surface area contributed by atoms with Gasteiger partial charge in [-0.1, -0.05) is 51.1 Å². The molecule has 0 amide bonds. The van der Waals surface area contributed by atoms with Crippen LogP contribution in [0.5, 0.6) is 5.75 Å². The Bertz CT molecular complexity index is 720. The zero-order valence-corrected chi connectivity index (χ0v) is 15.4. The minimum atomic E-state index is -1.36. The number of benzene rings is 2. The molecule has 122 valence electrons. The number of hydrogen-bond donors (Lipinski definition) is 0. The molecular weight excluding hydrogens is 306 g/mol. The summed E-state index contributed by atoms with van der Waals surface area (Å²) in [4.78, 5) is 11.0. The molecule has 0 bridgehead atoms. The second kappa shape index (κ2) is 6.54. The van der Waals surface area contributed by atoms with Crippen molar-refractivity contribution in [2.24, 2.45) is 0 Å². The second-order valence-electron chi connectivity index (χ2n) is 6.87. The predicted molar refractivity (Wildman–Crippen MR) is 96.7 cm³/mol. The lowest BCUT2D eigenvalue weighted by Crippen LogP contribution is -2.19. The van der Waals surface area contributed by atoms with Gasteiger partial charge in [0, 0.05) is 11.6 Å². The maximum absolute atomic E-state index is 11.4. The van der Waals surface area contributed by atoms with Gasteiger partial charge in [-0.25, -0.2) is 0 Å². The highest BCUT2D eigenvalue weighted by molar-refractivity contribution is 6.49. The third-order valence-corrected chi connectivity index (χ3v) is 4.27. The van der Waals surface area contributed by atoms with E-state index in [1.165, 1.54) is 6.07 Å². The van der Waals surface area contributed by atoms with E-state index in [1.807, 2.05) is 24.3 Å². The van der Waals surface area contributed by atoms with Crippen LogP contribution in [0.15, 0.2) is 42.5 Å². The molecule has 5 heteroatoms. The monoisotopic (exact) mass is 329 g/mol. The van der Waals surface area contributed by atoms with E-state index in [-0.39, 0.29) is 16.0 Å². The van der Waals surface area contributed by atoms with Crippen molar-refractivity contribution in [3.63, 3.8) is 0 Å². The molecule has 0 saturated carbocycles. The van der Waals surface area contributed by atoms with E-state index < -0.39 is 9.04 Å². The van der Waals surface area contributed by atoms with Crippen LogP contribution in [0.25, 0.3) is 11.1 Å². The lowest BCUT2D eigenvalue weighted by molar-refractivity contribution is -0.384. The molecule has 2 aromatic rings. The van der Waals surface area contributed by atoms with Crippen LogP contribution in [-0.4, -0.2) is 14.0 Å². The highest BCUT2D eigenvalue weighted by Crippen LogP contribution is 2.42. The molecule has 0 radical (unpaired) electrons. The molecule has 0 saturated heterocycles. The Labute approximate surface area is 139 Å². The standard InChI is InChI=1S/C18H23NO3Si/c1-18(2,3)15-11-8-10-14(17(15)22-23(4)5)13-9-6-7-12-16(13)19(20)21/h6-12,23H,1-5H3. The molecule has 0 aliphatic carbocycles. The highest BCUT2D eigenvalue weighted by Gasteiger charge is 2.25. The van der Waals surface area contributed by atoms with E-state index in [2.05, 4.69) is 33.9 Å². The van der Waals surface area contributed by atoms with E-state index in [1.54, 1.807) is 12.1 Å². The fraction of sp³-hybridized carbons (Fsp3) is 0.333. The average molecular weight is 329 g/mol. The van der Waals surface area contributed by atoms with Crippen molar-refractivity contribution in [2.45, 2.75) is 39.3 Å². The first-order valence-corrected chi connectivity index (χ1v) is 10.5. The van der Waals surface area contributed by atoms with Gasteiger partial charge in [0.05, 0.1) is 10.5 Å².